The maximum Gasteiger partial charge on any atom is 0.306 e. The molecule has 0 aromatic rings. The number of carbonyl (C=O) groups is 3. The Morgan fingerprint density at radius 1 is 0.270 bits per heavy atom. The van der Waals surface area contributed by atoms with E-state index in [0.717, 1.165) is 75.5 Å². The molecule has 0 aliphatic carbocycles. The second kappa shape index (κ2) is 48.3. The highest BCUT2D eigenvalue weighted by Crippen LogP contribution is 2.18. The van der Waals surface area contributed by atoms with E-state index in [1.165, 1.54) is 193 Å². The van der Waals surface area contributed by atoms with Crippen LogP contribution in [-0.2, 0) is 28.6 Å². The Labute approximate surface area is 393 Å². The van der Waals surface area contributed by atoms with Crippen LogP contribution in [0.4, 0.5) is 0 Å². The van der Waals surface area contributed by atoms with Crippen molar-refractivity contribution in [2.24, 2.45) is 17.8 Å². The summed E-state index contributed by atoms with van der Waals surface area (Å²) in [4.78, 5) is 38.0. The number of carbonyl (C=O) groups excluding carboxylic acids is 3. The van der Waals surface area contributed by atoms with Gasteiger partial charge < -0.3 is 14.2 Å². The third-order valence-corrected chi connectivity index (χ3v) is 12.9. The van der Waals surface area contributed by atoms with Gasteiger partial charge in [-0.15, -0.1) is 0 Å². The van der Waals surface area contributed by atoms with Crippen molar-refractivity contribution in [2.45, 2.75) is 317 Å². The molecule has 0 bridgehead atoms. The van der Waals surface area contributed by atoms with Crippen LogP contribution < -0.4 is 0 Å². The Morgan fingerprint density at radius 2 is 0.460 bits per heavy atom. The van der Waals surface area contributed by atoms with Crippen LogP contribution in [0.5, 0.6) is 0 Å². The van der Waals surface area contributed by atoms with Gasteiger partial charge in [0.1, 0.15) is 13.2 Å². The van der Waals surface area contributed by atoms with Crippen molar-refractivity contribution in [2.75, 3.05) is 13.2 Å². The van der Waals surface area contributed by atoms with Gasteiger partial charge in [0.2, 0.25) is 0 Å². The van der Waals surface area contributed by atoms with E-state index in [1.807, 2.05) is 0 Å². The number of unbranched alkanes of at least 4 members (excludes halogenated alkanes) is 33. The number of rotatable bonds is 50. The van der Waals surface area contributed by atoms with Crippen LogP contribution in [0.1, 0.15) is 311 Å². The van der Waals surface area contributed by atoms with Crippen molar-refractivity contribution < 1.29 is 28.6 Å². The summed E-state index contributed by atoms with van der Waals surface area (Å²) in [6, 6.07) is 0. The highest BCUT2D eigenvalue weighted by molar-refractivity contribution is 5.71. The number of esters is 3. The molecule has 0 aromatic carbocycles. The molecule has 0 unspecified atom stereocenters. The Morgan fingerprint density at radius 3 is 0.683 bits per heavy atom. The SMILES string of the molecule is CC(C)CCCCCCCCCCCCCCCCCCCCC(=O)OC[C@H](COC(=O)CCCCCCCCCC(C)C)OC(=O)CCCCCCCCCCCCCC(C)C. The monoisotopic (exact) mass is 891 g/mol. The van der Waals surface area contributed by atoms with Crippen LogP contribution in [0.2, 0.25) is 0 Å². The lowest BCUT2D eigenvalue weighted by Crippen LogP contribution is -2.30. The van der Waals surface area contributed by atoms with Gasteiger partial charge in [0.15, 0.2) is 6.10 Å². The average molecular weight is 892 g/mol. The Balaban J connectivity index is 4.21. The van der Waals surface area contributed by atoms with Gasteiger partial charge in [-0.2, -0.15) is 0 Å². The van der Waals surface area contributed by atoms with E-state index < -0.39 is 6.10 Å². The molecule has 0 amide bonds. The molecule has 63 heavy (non-hydrogen) atoms. The molecule has 0 fully saturated rings. The summed E-state index contributed by atoms with van der Waals surface area (Å²) in [6.45, 7) is 13.7. The third kappa shape index (κ3) is 51.3. The van der Waals surface area contributed by atoms with Crippen molar-refractivity contribution in [1.29, 1.82) is 0 Å². The van der Waals surface area contributed by atoms with Gasteiger partial charge in [-0.05, 0) is 37.0 Å². The molecule has 0 rings (SSSR count). The van der Waals surface area contributed by atoms with Crippen LogP contribution in [0, 0.1) is 17.8 Å². The number of hydrogen-bond donors (Lipinski definition) is 0. The summed E-state index contributed by atoms with van der Waals surface area (Å²) in [5.74, 6) is 1.62. The van der Waals surface area contributed by atoms with Crippen molar-refractivity contribution in [1.82, 2.24) is 0 Å². The zero-order chi connectivity index (χ0) is 46.3. The van der Waals surface area contributed by atoms with E-state index in [0.29, 0.717) is 19.3 Å². The Hall–Kier alpha value is -1.59. The molecule has 374 valence electrons. The highest BCUT2D eigenvalue weighted by Gasteiger charge is 2.19. The molecule has 0 saturated heterocycles. The number of ether oxygens (including phenoxy) is 3. The first-order valence-electron chi connectivity index (χ1n) is 28.1. The summed E-state index contributed by atoms with van der Waals surface area (Å²) in [6.07, 6.45) is 49.7. The molecule has 6 heteroatoms. The van der Waals surface area contributed by atoms with Crippen LogP contribution in [0.3, 0.4) is 0 Å². The average Bonchev–Trinajstić information content (AvgIpc) is 3.24. The lowest BCUT2D eigenvalue weighted by Gasteiger charge is -2.18. The maximum atomic E-state index is 12.8. The summed E-state index contributed by atoms with van der Waals surface area (Å²) in [5, 5.41) is 0. The summed E-state index contributed by atoms with van der Waals surface area (Å²) in [5.41, 5.74) is 0. The fourth-order valence-corrected chi connectivity index (χ4v) is 8.65. The normalized spacial score (nSPS) is 12.1. The van der Waals surface area contributed by atoms with Gasteiger partial charge in [0, 0.05) is 19.3 Å². The van der Waals surface area contributed by atoms with E-state index in [9.17, 15) is 14.4 Å². The van der Waals surface area contributed by atoms with E-state index in [2.05, 4.69) is 41.5 Å². The second-order valence-corrected chi connectivity index (χ2v) is 21.0. The van der Waals surface area contributed by atoms with E-state index in [4.69, 9.17) is 14.2 Å². The van der Waals surface area contributed by atoms with Crippen LogP contribution in [0.15, 0.2) is 0 Å². The lowest BCUT2D eigenvalue weighted by molar-refractivity contribution is -0.167. The Bertz CT molecular complexity index is 976. The second-order valence-electron chi connectivity index (χ2n) is 21.0. The highest BCUT2D eigenvalue weighted by atomic mass is 16.6. The van der Waals surface area contributed by atoms with Gasteiger partial charge in [-0.3, -0.25) is 14.4 Å². The van der Waals surface area contributed by atoms with Crippen molar-refractivity contribution >= 4 is 17.9 Å². The van der Waals surface area contributed by atoms with Crippen molar-refractivity contribution in [3.05, 3.63) is 0 Å². The molecule has 6 nitrogen and oxygen atoms in total. The fraction of sp³-hybridized carbons (Fsp3) is 0.947. The zero-order valence-corrected chi connectivity index (χ0v) is 43.4. The molecular weight excluding hydrogens is 781 g/mol. The first-order valence-corrected chi connectivity index (χ1v) is 28.1. The fourth-order valence-electron chi connectivity index (χ4n) is 8.65. The zero-order valence-electron chi connectivity index (χ0n) is 43.4. The first-order chi connectivity index (χ1) is 30.6. The predicted octanol–water partition coefficient (Wildman–Crippen LogP) is 18.3. The standard InChI is InChI=1S/C57H110O6/c1-51(2)43-37-31-25-20-16-13-11-9-7-8-10-12-14-18-22-28-34-40-46-55(58)61-49-54(50-62-56(59)47-41-35-30-24-27-33-39-45-53(5)6)63-57(60)48-42-36-29-23-19-15-17-21-26-32-38-44-52(3)4/h51-54H,7-50H2,1-6H3/t54-/m1/s1. The molecule has 0 aromatic heterocycles. The Kier molecular flexibility index (Phi) is 47.1. The molecule has 0 N–H and O–H groups in total. The van der Waals surface area contributed by atoms with Crippen LogP contribution in [0.25, 0.3) is 0 Å². The summed E-state index contributed by atoms with van der Waals surface area (Å²) >= 11 is 0. The van der Waals surface area contributed by atoms with Gasteiger partial charge in [-0.1, -0.05) is 273 Å². The number of hydrogen-bond acceptors (Lipinski definition) is 6. The minimum Gasteiger partial charge on any atom is -0.462 e. The molecule has 0 heterocycles. The molecular formula is C57H110O6. The molecule has 0 saturated carbocycles. The topological polar surface area (TPSA) is 78.9 Å². The van der Waals surface area contributed by atoms with E-state index in [-0.39, 0.29) is 31.1 Å². The van der Waals surface area contributed by atoms with Gasteiger partial charge in [-0.25, -0.2) is 0 Å². The van der Waals surface area contributed by atoms with Crippen LogP contribution >= 0.6 is 0 Å². The largest absolute Gasteiger partial charge is 0.462 e. The van der Waals surface area contributed by atoms with E-state index >= 15 is 0 Å². The molecule has 0 radical (unpaired) electrons. The predicted molar refractivity (Wildman–Crippen MR) is 270 cm³/mol. The molecule has 0 spiro atoms. The minimum absolute atomic E-state index is 0.0644. The summed E-state index contributed by atoms with van der Waals surface area (Å²) < 4.78 is 16.8. The lowest BCUT2D eigenvalue weighted by atomic mass is 10.0. The smallest absolute Gasteiger partial charge is 0.306 e. The molecule has 1 atom stereocenters. The first kappa shape index (κ1) is 61.4. The maximum absolute atomic E-state index is 12.8. The molecule has 0 aliphatic heterocycles. The molecule has 0 aliphatic rings. The van der Waals surface area contributed by atoms with Gasteiger partial charge in [0.25, 0.3) is 0 Å². The quantitative estimate of drug-likeness (QED) is 0.0344. The third-order valence-electron chi connectivity index (χ3n) is 12.9. The van der Waals surface area contributed by atoms with Gasteiger partial charge in [0.05, 0.1) is 0 Å². The van der Waals surface area contributed by atoms with Gasteiger partial charge >= 0.3 is 17.9 Å². The summed E-state index contributed by atoms with van der Waals surface area (Å²) in [7, 11) is 0. The van der Waals surface area contributed by atoms with E-state index in [1.54, 1.807) is 0 Å². The van der Waals surface area contributed by atoms with Crippen molar-refractivity contribution in [3.63, 3.8) is 0 Å². The van der Waals surface area contributed by atoms with Crippen LogP contribution in [-0.4, -0.2) is 37.2 Å². The van der Waals surface area contributed by atoms with Crippen molar-refractivity contribution in [3.8, 4) is 0 Å². The minimum atomic E-state index is -0.763.